The quantitative estimate of drug-likeness (QED) is 0.113. The number of esters is 1. The van der Waals surface area contributed by atoms with Crippen LogP contribution in [0.4, 0.5) is 17.6 Å². The summed E-state index contributed by atoms with van der Waals surface area (Å²) in [6.07, 6.45) is 0. The summed E-state index contributed by atoms with van der Waals surface area (Å²) in [5.41, 5.74) is 0.0288. The first-order valence-corrected chi connectivity index (χ1v) is 12.0. The Balaban J connectivity index is 2.16. The summed E-state index contributed by atoms with van der Waals surface area (Å²) in [6, 6.07) is 1.51. The Hall–Kier alpha value is -0.670. The molecule has 0 aliphatic heterocycles. The summed E-state index contributed by atoms with van der Waals surface area (Å²) in [6.45, 7) is -1.37. The van der Waals surface area contributed by atoms with Crippen LogP contribution in [0.15, 0.2) is 11.0 Å². The van der Waals surface area contributed by atoms with Gasteiger partial charge in [-0.2, -0.15) is 17.2 Å². The van der Waals surface area contributed by atoms with Gasteiger partial charge in [0.15, 0.2) is 22.3 Å². The van der Waals surface area contributed by atoms with E-state index in [0.717, 1.165) is 0 Å². The molecule has 7 nitrogen and oxygen atoms in total. The fourth-order valence-corrected chi connectivity index (χ4v) is 6.51. The Bertz CT molecular complexity index is 1110. The average Bonchev–Trinajstić information content (AvgIpc) is 2.63. The van der Waals surface area contributed by atoms with Gasteiger partial charge in [0.2, 0.25) is 11.6 Å². The van der Waals surface area contributed by atoms with Gasteiger partial charge in [0.05, 0.1) is 12.7 Å². The normalized spacial score (nSPS) is 11.5. The molecular weight excluding hydrogens is 781 g/mol. The van der Waals surface area contributed by atoms with Crippen LogP contribution in [0.25, 0.3) is 0 Å². The number of hydrogen-bond donors (Lipinski definition) is 2. The largest absolute Gasteiger partial charge is 0.506 e. The summed E-state index contributed by atoms with van der Waals surface area (Å²) < 4.78 is 96.1. The minimum Gasteiger partial charge on any atom is -0.506 e. The number of hydrogen-bond acceptors (Lipinski definition) is 6. The monoisotopic (exact) mass is 788 g/mol. The van der Waals surface area contributed by atoms with Crippen molar-refractivity contribution >= 4 is 83.9 Å². The molecule has 164 valence electrons. The highest BCUT2D eigenvalue weighted by Gasteiger charge is 2.33. The van der Waals surface area contributed by atoms with Gasteiger partial charge >= 0.3 is 16.1 Å². The van der Waals surface area contributed by atoms with Crippen LogP contribution >= 0.6 is 67.8 Å². The first-order valence-electron chi connectivity index (χ1n) is 7.28. The van der Waals surface area contributed by atoms with Gasteiger partial charge < -0.3 is 14.6 Å². The van der Waals surface area contributed by atoms with Crippen LogP contribution in [0.5, 0.6) is 11.5 Å². The van der Waals surface area contributed by atoms with Crippen LogP contribution in [0.1, 0.15) is 10.4 Å². The van der Waals surface area contributed by atoms with Crippen molar-refractivity contribution in [2.75, 3.05) is 13.2 Å². The molecule has 0 aliphatic rings. The fraction of sp³-hybridized carbons (Fsp3) is 0.133. The van der Waals surface area contributed by atoms with E-state index in [0.29, 0.717) is 7.14 Å². The zero-order valence-corrected chi connectivity index (χ0v) is 21.3. The zero-order chi connectivity index (χ0) is 23.0. The minimum atomic E-state index is -5.59. The molecule has 0 saturated carbocycles. The van der Waals surface area contributed by atoms with Gasteiger partial charge in [0.25, 0.3) is 0 Å². The molecule has 0 unspecified atom stereocenters. The van der Waals surface area contributed by atoms with Crippen molar-refractivity contribution in [2.24, 2.45) is 0 Å². The molecule has 0 saturated heterocycles. The Labute approximate surface area is 207 Å². The van der Waals surface area contributed by atoms with E-state index in [1.54, 1.807) is 22.6 Å². The van der Waals surface area contributed by atoms with Gasteiger partial charge in [0.1, 0.15) is 19.0 Å². The Morgan fingerprint density at radius 3 is 2.00 bits per heavy atom. The molecular formula is C15H7F4I3O7S. The summed E-state index contributed by atoms with van der Waals surface area (Å²) in [4.78, 5) is 10.00. The van der Waals surface area contributed by atoms with E-state index in [4.69, 9.17) is 9.29 Å². The van der Waals surface area contributed by atoms with Crippen LogP contribution < -0.4 is 4.74 Å². The second kappa shape index (κ2) is 9.86. The zero-order valence-electron chi connectivity index (χ0n) is 14.0. The fourth-order valence-electron chi connectivity index (χ4n) is 2.06. The lowest BCUT2D eigenvalue weighted by Gasteiger charge is -2.13. The van der Waals surface area contributed by atoms with E-state index < -0.39 is 63.2 Å². The predicted octanol–water partition coefficient (Wildman–Crippen LogP) is 4.24. The van der Waals surface area contributed by atoms with Gasteiger partial charge in [0, 0.05) is 3.57 Å². The van der Waals surface area contributed by atoms with Crippen molar-refractivity contribution in [1.82, 2.24) is 0 Å². The molecule has 2 rings (SSSR count). The van der Waals surface area contributed by atoms with E-state index in [2.05, 4.69) is 4.74 Å². The number of ether oxygens (including phenoxy) is 2. The van der Waals surface area contributed by atoms with Crippen LogP contribution in [0, 0.1) is 34.0 Å². The lowest BCUT2D eigenvalue weighted by Crippen LogP contribution is -2.17. The topological polar surface area (TPSA) is 110 Å². The second-order valence-electron chi connectivity index (χ2n) is 5.25. The number of carbonyl (C=O) groups excluding carboxylic acids is 1. The average molecular weight is 788 g/mol. The third-order valence-electron chi connectivity index (χ3n) is 3.35. The van der Waals surface area contributed by atoms with Crippen molar-refractivity contribution in [1.29, 1.82) is 0 Å². The molecule has 0 amide bonds. The highest BCUT2D eigenvalue weighted by atomic mass is 127. The molecule has 0 fully saturated rings. The molecule has 0 atom stereocenters. The minimum absolute atomic E-state index is 0.0288. The van der Waals surface area contributed by atoms with Crippen LogP contribution in [0.3, 0.4) is 0 Å². The lowest BCUT2D eigenvalue weighted by molar-refractivity contribution is 0.0441. The molecule has 15 heteroatoms. The van der Waals surface area contributed by atoms with Gasteiger partial charge in [-0.3, -0.25) is 4.55 Å². The maximum atomic E-state index is 13.9. The summed E-state index contributed by atoms with van der Waals surface area (Å²) in [5, 5.41) is 9.91. The van der Waals surface area contributed by atoms with Crippen molar-refractivity contribution < 1.29 is 49.9 Å². The smallest absolute Gasteiger partial charge is 0.340 e. The molecule has 2 aromatic carbocycles. The van der Waals surface area contributed by atoms with Gasteiger partial charge in [-0.05, 0) is 73.8 Å². The molecule has 0 aromatic heterocycles. The number of carbonyl (C=O) groups is 1. The predicted molar refractivity (Wildman–Crippen MR) is 118 cm³/mol. The van der Waals surface area contributed by atoms with Crippen LogP contribution in [-0.4, -0.2) is 37.3 Å². The molecule has 0 aliphatic carbocycles. The maximum Gasteiger partial charge on any atom is 0.340 e. The Kier molecular flexibility index (Phi) is 8.41. The molecule has 0 radical (unpaired) electrons. The highest BCUT2D eigenvalue weighted by Crippen LogP contribution is 2.34. The number of phenols is 1. The van der Waals surface area contributed by atoms with Crippen molar-refractivity contribution in [2.45, 2.75) is 4.90 Å². The second-order valence-corrected chi connectivity index (χ2v) is 10.0. The van der Waals surface area contributed by atoms with E-state index in [1.807, 2.05) is 45.2 Å². The first kappa shape index (κ1) is 25.6. The maximum absolute atomic E-state index is 13.9. The van der Waals surface area contributed by atoms with Gasteiger partial charge in [-0.1, -0.05) is 0 Å². The van der Waals surface area contributed by atoms with E-state index in [-0.39, 0.29) is 14.9 Å². The first-order chi connectivity index (χ1) is 13.8. The number of phenolic OH excluding ortho intramolecular Hbond substituents is 1. The van der Waals surface area contributed by atoms with Crippen molar-refractivity contribution in [3.8, 4) is 11.5 Å². The van der Waals surface area contributed by atoms with Gasteiger partial charge in [-0.25, -0.2) is 13.6 Å². The summed E-state index contributed by atoms with van der Waals surface area (Å²) in [5.74, 6) is -11.8. The number of halogens is 7. The number of benzene rings is 2. The molecule has 30 heavy (non-hydrogen) atoms. The highest BCUT2D eigenvalue weighted by molar-refractivity contribution is 14.1. The Morgan fingerprint density at radius 2 is 1.50 bits per heavy atom. The lowest BCUT2D eigenvalue weighted by atomic mass is 10.2. The van der Waals surface area contributed by atoms with E-state index in [9.17, 15) is 35.9 Å². The summed E-state index contributed by atoms with van der Waals surface area (Å²) in [7, 11) is -5.59. The third-order valence-corrected chi connectivity index (χ3v) is 6.95. The van der Waals surface area contributed by atoms with Crippen LogP contribution in [0.2, 0.25) is 0 Å². The molecule has 2 N–H and O–H groups in total. The Morgan fingerprint density at radius 1 is 0.967 bits per heavy atom. The standard InChI is InChI=1S/C15H7F4I3O7S/c16-7-9(18)14(30(25,26)27)10(19)8(17)13(7)28-1-2-29-15(24)6-4(20)3-5(21)12(23)11(6)22/h3,23H,1-2H2,(H,25,26,27). The summed E-state index contributed by atoms with van der Waals surface area (Å²) >= 11 is 5.42. The molecule has 0 bridgehead atoms. The van der Waals surface area contributed by atoms with Crippen molar-refractivity contribution in [3.05, 3.63) is 45.6 Å². The SMILES string of the molecule is O=C(OCCOc1c(F)c(F)c(S(=O)(=O)O)c(F)c1F)c1c(I)cc(I)c(O)c1I. The number of rotatable bonds is 6. The van der Waals surface area contributed by atoms with E-state index >= 15 is 0 Å². The van der Waals surface area contributed by atoms with Crippen molar-refractivity contribution in [3.63, 3.8) is 0 Å². The number of aromatic hydroxyl groups is 1. The van der Waals surface area contributed by atoms with E-state index in [1.165, 1.54) is 6.07 Å². The van der Waals surface area contributed by atoms with Crippen LogP contribution in [-0.2, 0) is 14.9 Å². The molecule has 2 aromatic rings. The molecule has 0 spiro atoms. The molecule has 0 heterocycles. The third kappa shape index (κ3) is 5.21. The van der Waals surface area contributed by atoms with Gasteiger partial charge in [-0.15, -0.1) is 0 Å².